The molecule has 2 rings (SSSR count). The van der Waals surface area contributed by atoms with E-state index in [-0.39, 0.29) is 36.3 Å². The highest BCUT2D eigenvalue weighted by Gasteiger charge is 2.35. The fraction of sp³-hybridized carbons (Fsp3) is 0.524. The standard InChI is InChI=1S/C21H31N5O4/c1-5-30-19(28)15(21(2,3)4)12-24-20(29)25-16-10-11-26(18(16)27)14-8-6-13(7-9-14)17(22)23/h6-9,15-16H,5,10-12H2,1-4H3,(H3,22,23)(H2,24,25,29). The van der Waals surface area contributed by atoms with E-state index in [0.717, 1.165) is 0 Å². The number of amides is 3. The van der Waals surface area contributed by atoms with Crippen molar-refractivity contribution < 1.29 is 19.1 Å². The third-order valence-electron chi connectivity index (χ3n) is 5.08. The summed E-state index contributed by atoms with van der Waals surface area (Å²) in [4.78, 5) is 38.8. The number of rotatable bonds is 7. The zero-order chi connectivity index (χ0) is 22.5. The third-order valence-corrected chi connectivity index (χ3v) is 5.08. The van der Waals surface area contributed by atoms with Crippen molar-refractivity contribution in [3.63, 3.8) is 0 Å². The molecule has 1 aliphatic heterocycles. The van der Waals surface area contributed by atoms with Gasteiger partial charge in [-0.05, 0) is 43.0 Å². The molecule has 1 saturated heterocycles. The number of hydrogen-bond donors (Lipinski definition) is 4. The third kappa shape index (κ3) is 5.71. The zero-order valence-corrected chi connectivity index (χ0v) is 18.0. The Kier molecular flexibility index (Phi) is 7.42. The summed E-state index contributed by atoms with van der Waals surface area (Å²) in [5.41, 5.74) is 6.33. The molecule has 1 aromatic rings. The van der Waals surface area contributed by atoms with Crippen LogP contribution < -0.4 is 21.3 Å². The maximum atomic E-state index is 12.7. The smallest absolute Gasteiger partial charge is 0.315 e. The lowest BCUT2D eigenvalue weighted by Crippen LogP contribution is -2.49. The minimum Gasteiger partial charge on any atom is -0.466 e. The molecule has 1 aliphatic rings. The van der Waals surface area contributed by atoms with Crippen LogP contribution in [0.4, 0.5) is 10.5 Å². The molecule has 0 spiro atoms. The first-order valence-electron chi connectivity index (χ1n) is 10.0. The summed E-state index contributed by atoms with van der Waals surface area (Å²) in [6.07, 6.45) is 0.474. The molecule has 3 amide bonds. The highest BCUT2D eigenvalue weighted by atomic mass is 16.5. The number of amidine groups is 1. The molecule has 0 aromatic heterocycles. The number of nitrogen functional groups attached to an aromatic ring is 1. The maximum Gasteiger partial charge on any atom is 0.315 e. The minimum atomic E-state index is -0.645. The van der Waals surface area contributed by atoms with Crippen LogP contribution in [0.5, 0.6) is 0 Å². The van der Waals surface area contributed by atoms with Crippen LogP contribution in [0.3, 0.4) is 0 Å². The van der Waals surface area contributed by atoms with Crippen LogP contribution in [0.25, 0.3) is 0 Å². The lowest BCUT2D eigenvalue weighted by molar-refractivity contribution is -0.151. The first-order valence-corrected chi connectivity index (χ1v) is 10.0. The number of urea groups is 1. The zero-order valence-electron chi connectivity index (χ0n) is 18.0. The summed E-state index contributed by atoms with van der Waals surface area (Å²) in [6.45, 7) is 8.32. The van der Waals surface area contributed by atoms with Crippen molar-refractivity contribution >= 4 is 29.4 Å². The highest BCUT2D eigenvalue weighted by Crippen LogP contribution is 2.26. The van der Waals surface area contributed by atoms with Crippen molar-refractivity contribution in [2.75, 3.05) is 24.6 Å². The Morgan fingerprint density at radius 3 is 2.47 bits per heavy atom. The van der Waals surface area contributed by atoms with Crippen molar-refractivity contribution in [3.8, 4) is 0 Å². The van der Waals surface area contributed by atoms with Crippen LogP contribution in [0.1, 0.15) is 39.7 Å². The van der Waals surface area contributed by atoms with Gasteiger partial charge in [0.25, 0.3) is 0 Å². The number of nitrogens with two attached hydrogens (primary N) is 1. The van der Waals surface area contributed by atoms with Crippen LogP contribution in [0.2, 0.25) is 0 Å². The number of anilines is 1. The molecule has 0 bridgehead atoms. The average Bonchev–Trinajstić information content (AvgIpc) is 3.01. The van der Waals surface area contributed by atoms with E-state index in [1.54, 1.807) is 36.1 Å². The molecule has 0 aliphatic carbocycles. The Morgan fingerprint density at radius 1 is 1.30 bits per heavy atom. The quantitative estimate of drug-likeness (QED) is 0.303. The lowest BCUT2D eigenvalue weighted by Gasteiger charge is -2.29. The van der Waals surface area contributed by atoms with Gasteiger partial charge in [-0.3, -0.25) is 15.0 Å². The molecule has 0 saturated carbocycles. The molecule has 0 radical (unpaired) electrons. The largest absolute Gasteiger partial charge is 0.466 e. The van der Waals surface area contributed by atoms with Gasteiger partial charge in [-0.2, -0.15) is 0 Å². The lowest BCUT2D eigenvalue weighted by atomic mass is 9.80. The van der Waals surface area contributed by atoms with Gasteiger partial charge in [0.2, 0.25) is 5.91 Å². The molecular formula is C21H31N5O4. The van der Waals surface area contributed by atoms with Gasteiger partial charge in [0.1, 0.15) is 11.9 Å². The van der Waals surface area contributed by atoms with E-state index in [9.17, 15) is 14.4 Å². The van der Waals surface area contributed by atoms with E-state index < -0.39 is 18.0 Å². The van der Waals surface area contributed by atoms with Crippen LogP contribution in [-0.2, 0) is 14.3 Å². The number of nitrogens with one attached hydrogen (secondary N) is 3. The van der Waals surface area contributed by atoms with Crippen molar-refractivity contribution in [2.24, 2.45) is 17.1 Å². The average molecular weight is 418 g/mol. The number of ether oxygens (including phenoxy) is 1. The van der Waals surface area contributed by atoms with E-state index in [1.807, 2.05) is 20.8 Å². The molecule has 1 fully saturated rings. The second-order valence-electron chi connectivity index (χ2n) is 8.32. The van der Waals surface area contributed by atoms with E-state index in [2.05, 4.69) is 10.6 Å². The maximum absolute atomic E-state index is 12.7. The second-order valence-corrected chi connectivity index (χ2v) is 8.32. The van der Waals surface area contributed by atoms with Crippen molar-refractivity contribution in [2.45, 2.75) is 40.2 Å². The Balaban J connectivity index is 1.93. The van der Waals surface area contributed by atoms with E-state index in [4.69, 9.17) is 15.9 Å². The Bertz CT molecular complexity index is 801. The van der Waals surface area contributed by atoms with Gasteiger partial charge < -0.3 is 26.0 Å². The van der Waals surface area contributed by atoms with Gasteiger partial charge in [-0.25, -0.2) is 4.79 Å². The fourth-order valence-electron chi connectivity index (χ4n) is 3.28. The van der Waals surface area contributed by atoms with Gasteiger partial charge in [0.05, 0.1) is 12.5 Å². The van der Waals surface area contributed by atoms with E-state index in [0.29, 0.717) is 24.2 Å². The first kappa shape index (κ1) is 23.2. The molecule has 2 atom stereocenters. The highest BCUT2D eigenvalue weighted by molar-refractivity contribution is 6.02. The van der Waals surface area contributed by atoms with Crippen LogP contribution in [0.15, 0.2) is 24.3 Å². The summed E-state index contributed by atoms with van der Waals surface area (Å²) in [5.74, 6) is -1.11. The Labute approximate surface area is 176 Å². The van der Waals surface area contributed by atoms with Crippen LogP contribution in [-0.4, -0.2) is 49.5 Å². The van der Waals surface area contributed by atoms with Gasteiger partial charge >= 0.3 is 12.0 Å². The summed E-state index contributed by atoms with van der Waals surface area (Å²) < 4.78 is 5.11. The summed E-state index contributed by atoms with van der Waals surface area (Å²) in [7, 11) is 0. The van der Waals surface area contributed by atoms with Gasteiger partial charge in [0, 0.05) is 24.3 Å². The molecule has 5 N–H and O–H groups in total. The monoisotopic (exact) mass is 417 g/mol. The van der Waals surface area contributed by atoms with Crippen molar-refractivity contribution in [1.82, 2.24) is 10.6 Å². The summed E-state index contributed by atoms with van der Waals surface area (Å²) >= 11 is 0. The van der Waals surface area contributed by atoms with Crippen LogP contribution >= 0.6 is 0 Å². The first-order chi connectivity index (χ1) is 14.0. The molecule has 164 valence electrons. The Morgan fingerprint density at radius 2 is 1.93 bits per heavy atom. The molecule has 1 heterocycles. The molecule has 2 unspecified atom stereocenters. The van der Waals surface area contributed by atoms with Gasteiger partial charge in [-0.15, -0.1) is 0 Å². The Hall–Kier alpha value is -3.10. The van der Waals surface area contributed by atoms with Gasteiger partial charge in [-0.1, -0.05) is 20.8 Å². The predicted molar refractivity (Wildman–Crippen MR) is 114 cm³/mol. The molecular weight excluding hydrogens is 386 g/mol. The van der Waals surface area contributed by atoms with E-state index >= 15 is 0 Å². The van der Waals surface area contributed by atoms with Crippen LogP contribution in [0, 0.1) is 16.7 Å². The van der Waals surface area contributed by atoms with Crippen molar-refractivity contribution in [1.29, 1.82) is 5.41 Å². The second kappa shape index (κ2) is 9.60. The number of carbonyl (C=O) groups is 3. The minimum absolute atomic E-state index is 0.0399. The summed E-state index contributed by atoms with van der Waals surface area (Å²) in [6, 6.07) is 5.67. The predicted octanol–water partition coefficient (Wildman–Crippen LogP) is 1.60. The number of hydrogen-bond acceptors (Lipinski definition) is 5. The molecule has 30 heavy (non-hydrogen) atoms. The number of benzene rings is 1. The SMILES string of the molecule is CCOC(=O)C(CNC(=O)NC1CCN(c2ccc(C(=N)N)cc2)C1=O)C(C)(C)C. The normalized spacial score (nSPS) is 17.4. The van der Waals surface area contributed by atoms with Gasteiger partial charge in [0.15, 0.2) is 0 Å². The fourth-order valence-corrected chi connectivity index (χ4v) is 3.28. The summed E-state index contributed by atoms with van der Waals surface area (Å²) in [5, 5.41) is 12.8. The van der Waals surface area contributed by atoms with Crippen molar-refractivity contribution in [3.05, 3.63) is 29.8 Å². The molecule has 9 heteroatoms. The topological polar surface area (TPSA) is 138 Å². The molecule has 9 nitrogen and oxygen atoms in total. The number of esters is 1. The molecule has 1 aromatic carbocycles. The number of nitrogens with zero attached hydrogens (tertiary/aromatic N) is 1. The number of carbonyl (C=O) groups excluding carboxylic acids is 3. The van der Waals surface area contributed by atoms with E-state index in [1.165, 1.54) is 0 Å².